The van der Waals surface area contributed by atoms with E-state index >= 15 is 0 Å². The van der Waals surface area contributed by atoms with Gasteiger partial charge in [-0.1, -0.05) is 17.7 Å². The second-order valence-electron chi connectivity index (χ2n) is 4.90. The second-order valence-corrected chi connectivity index (χ2v) is 5.91. The molecule has 2 rings (SSSR count). The Morgan fingerprint density at radius 2 is 2.00 bits per heavy atom. The zero-order chi connectivity index (χ0) is 14.2. The van der Waals surface area contributed by atoms with Crippen LogP contribution in [0, 0.1) is 13.8 Å². The second kappa shape index (κ2) is 5.80. The first-order valence-electron chi connectivity index (χ1n) is 6.12. The number of aliphatic hydroxyl groups excluding tert-OH is 1. The Bertz CT molecular complexity index is 490. The Hall–Kier alpha value is -0.610. The molecule has 104 valence electrons. The molecule has 0 unspecified atom stereocenters. The van der Waals surface area contributed by atoms with E-state index in [1.54, 1.807) is 0 Å². The number of aryl methyl sites for hydroxylation is 2. The number of carbonyl (C=O) groups excluding carboxylic acids is 1. The highest BCUT2D eigenvalue weighted by Crippen LogP contribution is 2.31. The van der Waals surface area contributed by atoms with Gasteiger partial charge in [0.1, 0.15) is 5.38 Å². The molecule has 0 spiro atoms. The number of rotatable bonds is 3. The normalized spacial score (nSPS) is 30.6. The third-order valence-electron chi connectivity index (χ3n) is 3.33. The Balaban J connectivity index is 2.12. The van der Waals surface area contributed by atoms with Crippen molar-refractivity contribution in [3.05, 3.63) is 34.9 Å². The highest BCUT2D eigenvalue weighted by molar-refractivity contribution is 6.31. The molecule has 0 aromatic heterocycles. The summed E-state index contributed by atoms with van der Waals surface area (Å²) in [5, 5.41) is 8.22. The molecule has 1 aliphatic rings. The molecule has 0 radical (unpaired) electrons. The first-order chi connectivity index (χ1) is 8.90. The number of ketones is 1. The molecular formula is C14H16Cl2O3. The minimum Gasteiger partial charge on any atom is -0.367 e. The predicted octanol–water partition coefficient (Wildman–Crippen LogP) is 2.81. The summed E-state index contributed by atoms with van der Waals surface area (Å²) in [4.78, 5) is 12.3. The van der Waals surface area contributed by atoms with E-state index in [2.05, 4.69) is 0 Å². The van der Waals surface area contributed by atoms with Crippen molar-refractivity contribution in [2.75, 3.05) is 0 Å². The maximum Gasteiger partial charge on any atom is 0.172 e. The fraction of sp³-hybridized carbons (Fsp3) is 0.500. The van der Waals surface area contributed by atoms with Crippen LogP contribution in [0.1, 0.15) is 27.9 Å². The van der Waals surface area contributed by atoms with Crippen molar-refractivity contribution in [1.29, 1.82) is 0 Å². The maximum atomic E-state index is 12.3. The van der Waals surface area contributed by atoms with Crippen LogP contribution in [0.4, 0.5) is 0 Å². The van der Waals surface area contributed by atoms with Crippen molar-refractivity contribution in [3.63, 3.8) is 0 Å². The molecule has 4 atom stereocenters. The van der Waals surface area contributed by atoms with Crippen molar-refractivity contribution >= 4 is 29.0 Å². The lowest BCUT2D eigenvalue weighted by molar-refractivity contribution is -0.0876. The highest BCUT2D eigenvalue weighted by Gasteiger charge is 2.42. The lowest BCUT2D eigenvalue weighted by Gasteiger charge is -2.13. The molecule has 0 amide bonds. The van der Waals surface area contributed by atoms with Gasteiger partial charge >= 0.3 is 0 Å². The molecule has 19 heavy (non-hydrogen) atoms. The number of Topliss-reactive ketones (excluding diaryl/α,β-unsaturated/α-hetero) is 1. The van der Waals surface area contributed by atoms with E-state index in [9.17, 15) is 9.90 Å². The van der Waals surface area contributed by atoms with Crippen LogP contribution in [-0.2, 0) is 4.74 Å². The molecule has 1 N–H and O–H groups in total. The van der Waals surface area contributed by atoms with Gasteiger partial charge in [-0.15, -0.1) is 23.2 Å². The molecule has 1 saturated heterocycles. The molecule has 0 saturated carbocycles. The third kappa shape index (κ3) is 3.11. The molecule has 1 fully saturated rings. The lowest BCUT2D eigenvalue weighted by atomic mass is 9.97. The van der Waals surface area contributed by atoms with Crippen molar-refractivity contribution in [2.45, 2.75) is 43.4 Å². The topological polar surface area (TPSA) is 46.5 Å². The van der Waals surface area contributed by atoms with Gasteiger partial charge < -0.3 is 9.84 Å². The third-order valence-corrected chi connectivity index (χ3v) is 4.49. The summed E-state index contributed by atoms with van der Waals surface area (Å²) >= 11 is 11.9. The van der Waals surface area contributed by atoms with Crippen LogP contribution < -0.4 is 0 Å². The summed E-state index contributed by atoms with van der Waals surface area (Å²) in [6.45, 7) is 3.82. The Morgan fingerprint density at radius 1 is 1.32 bits per heavy atom. The SMILES string of the molecule is Cc1ccc(C)c(C(=O)C[C@H]2O[C@@H](O)[C@@H](Cl)[C@H]2Cl)c1. The molecule has 0 bridgehead atoms. The van der Waals surface area contributed by atoms with E-state index in [-0.39, 0.29) is 12.2 Å². The van der Waals surface area contributed by atoms with Gasteiger partial charge in [0.25, 0.3) is 0 Å². The minimum absolute atomic E-state index is 0.0465. The summed E-state index contributed by atoms with van der Waals surface area (Å²) in [6.07, 6.45) is -1.54. The molecule has 1 aliphatic heterocycles. The Morgan fingerprint density at radius 3 is 2.58 bits per heavy atom. The summed E-state index contributed by atoms with van der Waals surface area (Å²) in [6, 6.07) is 5.72. The number of carbonyl (C=O) groups is 1. The number of hydrogen-bond acceptors (Lipinski definition) is 3. The standard InChI is InChI=1S/C14H16Cl2O3/c1-7-3-4-8(2)9(5-7)10(17)6-11-12(15)13(16)14(18)19-11/h3-5,11-14,18H,6H2,1-2H3/t11-,12+,13+,14-/m1/s1. The van der Waals surface area contributed by atoms with E-state index in [0.29, 0.717) is 5.56 Å². The average molecular weight is 303 g/mol. The van der Waals surface area contributed by atoms with Crippen LogP contribution in [0.3, 0.4) is 0 Å². The van der Waals surface area contributed by atoms with Crippen molar-refractivity contribution in [3.8, 4) is 0 Å². The number of halogens is 2. The molecule has 5 heteroatoms. The van der Waals surface area contributed by atoms with E-state index in [1.807, 2.05) is 32.0 Å². The average Bonchev–Trinajstić information content (AvgIpc) is 2.60. The quantitative estimate of drug-likeness (QED) is 0.690. The smallest absolute Gasteiger partial charge is 0.172 e. The fourth-order valence-electron chi connectivity index (χ4n) is 2.18. The number of aliphatic hydroxyl groups is 1. The van der Waals surface area contributed by atoms with Gasteiger partial charge in [0.2, 0.25) is 0 Å². The van der Waals surface area contributed by atoms with Gasteiger partial charge in [0.15, 0.2) is 12.1 Å². The number of alkyl halides is 2. The summed E-state index contributed by atoms with van der Waals surface area (Å²) in [7, 11) is 0. The van der Waals surface area contributed by atoms with Crippen LogP contribution in [0.25, 0.3) is 0 Å². The zero-order valence-corrected chi connectivity index (χ0v) is 12.3. The van der Waals surface area contributed by atoms with E-state index in [0.717, 1.165) is 11.1 Å². The molecular weight excluding hydrogens is 287 g/mol. The van der Waals surface area contributed by atoms with Crippen LogP contribution in [0.2, 0.25) is 0 Å². The predicted molar refractivity (Wildman–Crippen MR) is 75.0 cm³/mol. The number of hydrogen-bond donors (Lipinski definition) is 1. The molecule has 3 nitrogen and oxygen atoms in total. The largest absolute Gasteiger partial charge is 0.367 e. The highest BCUT2D eigenvalue weighted by atomic mass is 35.5. The van der Waals surface area contributed by atoms with Gasteiger partial charge in [0.05, 0.1) is 11.5 Å². The number of ether oxygens (including phenoxy) is 1. The van der Waals surface area contributed by atoms with E-state index in [1.165, 1.54) is 0 Å². The van der Waals surface area contributed by atoms with E-state index in [4.69, 9.17) is 27.9 Å². The lowest BCUT2D eigenvalue weighted by Crippen LogP contribution is -2.25. The molecule has 1 heterocycles. The van der Waals surface area contributed by atoms with E-state index < -0.39 is 23.1 Å². The van der Waals surface area contributed by atoms with Gasteiger partial charge in [-0.3, -0.25) is 4.79 Å². The summed E-state index contributed by atoms with van der Waals surface area (Å²) < 4.78 is 5.22. The molecule has 1 aromatic rings. The van der Waals surface area contributed by atoms with Crippen LogP contribution in [-0.4, -0.2) is 34.0 Å². The van der Waals surface area contributed by atoms with Gasteiger partial charge in [-0.25, -0.2) is 0 Å². The summed E-state index contributed by atoms with van der Waals surface area (Å²) in [5.74, 6) is -0.0465. The van der Waals surface area contributed by atoms with Crippen molar-refractivity contribution in [1.82, 2.24) is 0 Å². The Kier molecular flexibility index (Phi) is 4.51. The van der Waals surface area contributed by atoms with Crippen molar-refractivity contribution in [2.24, 2.45) is 0 Å². The first kappa shape index (κ1) is 14.8. The zero-order valence-electron chi connectivity index (χ0n) is 10.8. The van der Waals surface area contributed by atoms with Crippen LogP contribution >= 0.6 is 23.2 Å². The first-order valence-corrected chi connectivity index (χ1v) is 6.99. The monoisotopic (exact) mass is 302 g/mol. The van der Waals surface area contributed by atoms with Gasteiger partial charge in [0, 0.05) is 12.0 Å². The van der Waals surface area contributed by atoms with Crippen LogP contribution in [0.15, 0.2) is 18.2 Å². The maximum absolute atomic E-state index is 12.3. The fourth-order valence-corrected chi connectivity index (χ4v) is 2.68. The molecule has 1 aromatic carbocycles. The van der Waals surface area contributed by atoms with Gasteiger partial charge in [-0.05, 0) is 25.5 Å². The minimum atomic E-state index is -1.11. The summed E-state index contributed by atoms with van der Waals surface area (Å²) in [5.41, 5.74) is 2.61. The van der Waals surface area contributed by atoms with Gasteiger partial charge in [-0.2, -0.15) is 0 Å². The number of benzene rings is 1. The van der Waals surface area contributed by atoms with Crippen LogP contribution in [0.5, 0.6) is 0 Å². The Labute approximate surface area is 122 Å². The molecule has 0 aliphatic carbocycles. The van der Waals surface area contributed by atoms with Crippen molar-refractivity contribution < 1.29 is 14.6 Å².